The summed E-state index contributed by atoms with van der Waals surface area (Å²) >= 11 is 1.76. The third-order valence-corrected chi connectivity index (χ3v) is 4.07. The van der Waals surface area contributed by atoms with E-state index < -0.39 is 0 Å². The van der Waals surface area contributed by atoms with Gasteiger partial charge in [-0.1, -0.05) is 48.5 Å². The number of para-hydroxylation sites is 1. The molecule has 0 bridgehead atoms. The van der Waals surface area contributed by atoms with Crippen molar-refractivity contribution in [2.24, 2.45) is 0 Å². The zero-order chi connectivity index (χ0) is 13.6. The van der Waals surface area contributed by atoms with Crippen molar-refractivity contribution >= 4 is 17.0 Å². The van der Waals surface area contributed by atoms with Crippen LogP contribution in [0.4, 0.5) is 5.69 Å². The van der Waals surface area contributed by atoms with E-state index in [0.717, 1.165) is 12.1 Å². The Labute approximate surface area is 123 Å². The lowest BCUT2D eigenvalue weighted by Crippen LogP contribution is -2.13. The maximum absolute atomic E-state index is 3.64. The average molecular weight is 279 g/mol. The normalized spacial score (nSPS) is 12.0. The van der Waals surface area contributed by atoms with Crippen molar-refractivity contribution < 1.29 is 0 Å². The Morgan fingerprint density at radius 2 is 1.55 bits per heavy atom. The molecule has 0 radical (unpaired) electrons. The molecule has 0 spiro atoms. The summed E-state index contributed by atoms with van der Waals surface area (Å²) in [6.07, 6.45) is 1.00. The number of anilines is 1. The molecule has 2 heteroatoms. The summed E-state index contributed by atoms with van der Waals surface area (Å²) in [6, 6.07) is 23.5. The molecule has 1 heterocycles. The Hall–Kier alpha value is -2.06. The van der Waals surface area contributed by atoms with Crippen molar-refractivity contribution in [1.29, 1.82) is 0 Å². The molecule has 3 aromatic rings. The first kappa shape index (κ1) is 12.9. The quantitative estimate of drug-likeness (QED) is 0.681. The zero-order valence-corrected chi connectivity index (χ0v) is 12.0. The smallest absolute Gasteiger partial charge is 0.0554 e. The van der Waals surface area contributed by atoms with Gasteiger partial charge in [0.15, 0.2) is 0 Å². The van der Waals surface area contributed by atoms with Gasteiger partial charge in [-0.15, -0.1) is 0 Å². The van der Waals surface area contributed by atoms with Crippen LogP contribution in [0.3, 0.4) is 0 Å². The van der Waals surface area contributed by atoms with Crippen LogP contribution in [0.15, 0.2) is 77.5 Å². The fourth-order valence-corrected chi connectivity index (χ4v) is 3.00. The van der Waals surface area contributed by atoms with E-state index in [1.54, 1.807) is 11.3 Å². The van der Waals surface area contributed by atoms with Crippen LogP contribution < -0.4 is 5.32 Å². The SMILES string of the molecule is c1ccc(N[C@H](Cc2ccsc2)c2ccccc2)cc1. The van der Waals surface area contributed by atoms with E-state index in [1.165, 1.54) is 11.1 Å². The lowest BCUT2D eigenvalue weighted by Gasteiger charge is -2.20. The monoisotopic (exact) mass is 279 g/mol. The minimum Gasteiger partial charge on any atom is -0.378 e. The Morgan fingerprint density at radius 3 is 2.20 bits per heavy atom. The largest absolute Gasteiger partial charge is 0.378 e. The van der Waals surface area contributed by atoms with Crippen molar-refractivity contribution in [2.75, 3.05) is 5.32 Å². The van der Waals surface area contributed by atoms with E-state index in [1.807, 2.05) is 6.07 Å². The lowest BCUT2D eigenvalue weighted by atomic mass is 10.00. The maximum atomic E-state index is 3.64. The van der Waals surface area contributed by atoms with Crippen LogP contribution in [0.25, 0.3) is 0 Å². The van der Waals surface area contributed by atoms with Gasteiger partial charge < -0.3 is 5.32 Å². The van der Waals surface area contributed by atoms with Crippen LogP contribution in [-0.4, -0.2) is 0 Å². The molecule has 20 heavy (non-hydrogen) atoms. The van der Waals surface area contributed by atoms with E-state index >= 15 is 0 Å². The van der Waals surface area contributed by atoms with Crippen molar-refractivity contribution in [3.63, 3.8) is 0 Å². The fraction of sp³-hybridized carbons (Fsp3) is 0.111. The maximum Gasteiger partial charge on any atom is 0.0554 e. The second kappa shape index (κ2) is 6.40. The lowest BCUT2D eigenvalue weighted by molar-refractivity contribution is 0.778. The molecule has 0 aliphatic carbocycles. The van der Waals surface area contributed by atoms with Gasteiger partial charge >= 0.3 is 0 Å². The summed E-state index contributed by atoms with van der Waals surface area (Å²) in [6.45, 7) is 0. The van der Waals surface area contributed by atoms with Gasteiger partial charge in [0.25, 0.3) is 0 Å². The first-order valence-electron chi connectivity index (χ1n) is 6.79. The molecule has 1 N–H and O–H groups in total. The molecule has 0 saturated heterocycles. The molecule has 3 rings (SSSR count). The summed E-state index contributed by atoms with van der Waals surface area (Å²) in [5.41, 5.74) is 3.87. The summed E-state index contributed by atoms with van der Waals surface area (Å²) in [5, 5.41) is 8.00. The van der Waals surface area contributed by atoms with Crippen molar-refractivity contribution in [2.45, 2.75) is 12.5 Å². The number of benzene rings is 2. The van der Waals surface area contributed by atoms with Crippen LogP contribution in [0.2, 0.25) is 0 Å². The van der Waals surface area contributed by atoms with Crippen molar-refractivity contribution in [3.8, 4) is 0 Å². The highest BCUT2D eigenvalue weighted by Crippen LogP contribution is 2.24. The molecular weight excluding hydrogens is 262 g/mol. The van der Waals surface area contributed by atoms with Gasteiger partial charge in [0.05, 0.1) is 6.04 Å². The van der Waals surface area contributed by atoms with Crippen LogP contribution in [0, 0.1) is 0 Å². The number of thiophene rings is 1. The molecule has 0 amide bonds. The Balaban J connectivity index is 1.83. The summed E-state index contributed by atoms with van der Waals surface area (Å²) in [7, 11) is 0. The van der Waals surface area contributed by atoms with E-state index in [0.29, 0.717) is 6.04 Å². The summed E-state index contributed by atoms with van der Waals surface area (Å²) < 4.78 is 0. The van der Waals surface area contributed by atoms with Crippen LogP contribution in [0.1, 0.15) is 17.2 Å². The Kier molecular flexibility index (Phi) is 4.14. The van der Waals surface area contributed by atoms with Gasteiger partial charge in [-0.3, -0.25) is 0 Å². The van der Waals surface area contributed by atoms with Gasteiger partial charge in [-0.2, -0.15) is 11.3 Å². The molecule has 2 aromatic carbocycles. The molecule has 0 fully saturated rings. The Morgan fingerprint density at radius 1 is 0.850 bits per heavy atom. The van der Waals surface area contributed by atoms with Crippen LogP contribution >= 0.6 is 11.3 Å². The second-order valence-corrected chi connectivity index (χ2v) is 5.59. The molecule has 0 aliphatic rings. The predicted molar refractivity (Wildman–Crippen MR) is 87.3 cm³/mol. The third kappa shape index (κ3) is 3.28. The summed E-state index contributed by atoms with van der Waals surface area (Å²) in [5.74, 6) is 0. The third-order valence-electron chi connectivity index (χ3n) is 3.34. The zero-order valence-electron chi connectivity index (χ0n) is 11.2. The van der Waals surface area contributed by atoms with Gasteiger partial charge in [0, 0.05) is 5.69 Å². The number of nitrogens with one attached hydrogen (secondary N) is 1. The van der Waals surface area contributed by atoms with Crippen molar-refractivity contribution in [1.82, 2.24) is 0 Å². The molecule has 100 valence electrons. The van der Waals surface area contributed by atoms with Crippen molar-refractivity contribution in [3.05, 3.63) is 88.6 Å². The van der Waals surface area contributed by atoms with E-state index in [4.69, 9.17) is 0 Å². The number of hydrogen-bond acceptors (Lipinski definition) is 2. The predicted octanol–water partition coefficient (Wildman–Crippen LogP) is 5.14. The van der Waals surface area contributed by atoms with Crippen LogP contribution in [0.5, 0.6) is 0 Å². The molecule has 1 aromatic heterocycles. The molecule has 0 saturated carbocycles. The number of rotatable bonds is 5. The van der Waals surface area contributed by atoms with E-state index in [9.17, 15) is 0 Å². The summed E-state index contributed by atoms with van der Waals surface area (Å²) in [4.78, 5) is 0. The van der Waals surface area contributed by atoms with Crippen LogP contribution in [-0.2, 0) is 6.42 Å². The molecule has 1 atom stereocenters. The van der Waals surface area contributed by atoms with E-state index in [2.05, 4.69) is 76.7 Å². The van der Waals surface area contributed by atoms with E-state index in [-0.39, 0.29) is 0 Å². The first-order valence-corrected chi connectivity index (χ1v) is 7.74. The fourth-order valence-electron chi connectivity index (χ4n) is 2.32. The number of hydrogen-bond donors (Lipinski definition) is 1. The molecule has 0 aliphatic heterocycles. The molecule has 1 nitrogen and oxygen atoms in total. The highest BCUT2D eigenvalue weighted by molar-refractivity contribution is 7.07. The van der Waals surface area contributed by atoms with Gasteiger partial charge in [-0.05, 0) is 46.5 Å². The average Bonchev–Trinajstić information content (AvgIpc) is 3.02. The minimum absolute atomic E-state index is 0.299. The first-order chi connectivity index (χ1) is 9.92. The van der Waals surface area contributed by atoms with Gasteiger partial charge in [-0.25, -0.2) is 0 Å². The topological polar surface area (TPSA) is 12.0 Å². The highest BCUT2D eigenvalue weighted by atomic mass is 32.1. The molecule has 0 unspecified atom stereocenters. The second-order valence-electron chi connectivity index (χ2n) is 4.81. The molecular formula is C18H17NS. The van der Waals surface area contributed by atoms with Gasteiger partial charge in [0.2, 0.25) is 0 Å². The highest BCUT2D eigenvalue weighted by Gasteiger charge is 2.12. The minimum atomic E-state index is 0.299. The van der Waals surface area contributed by atoms with Gasteiger partial charge in [0.1, 0.15) is 0 Å². The standard InChI is InChI=1S/C18H17NS/c1-3-7-16(8-4-1)18(13-15-11-12-20-14-15)19-17-9-5-2-6-10-17/h1-12,14,18-19H,13H2/t18-/m1/s1. The Bertz CT molecular complexity index is 617.